The molecule has 0 aliphatic rings. The van der Waals surface area contributed by atoms with E-state index in [1.807, 2.05) is 0 Å². The average molecular weight is 195 g/mol. The first-order chi connectivity index (χ1) is 6.63. The van der Waals surface area contributed by atoms with Crippen LogP contribution in [0.25, 0.3) is 0 Å². The Bertz CT molecular complexity index is 344. The summed E-state index contributed by atoms with van der Waals surface area (Å²) in [5.41, 5.74) is 0.947. The molecule has 74 valence electrons. The van der Waals surface area contributed by atoms with Crippen molar-refractivity contribution in [1.82, 2.24) is 0 Å². The maximum Gasteiger partial charge on any atom is 0.337 e. The number of carbonyl (C=O) groups excluding carboxylic acids is 1. The van der Waals surface area contributed by atoms with E-state index in [1.165, 1.54) is 31.4 Å². The van der Waals surface area contributed by atoms with Gasteiger partial charge in [0.15, 0.2) is 0 Å². The number of esters is 1. The molecule has 0 saturated carbocycles. The second-order valence-corrected chi connectivity index (χ2v) is 2.68. The Labute approximate surface area is 80.5 Å². The molecule has 0 atom stereocenters. The number of carbonyl (C=O) groups is 1. The molecule has 1 rings (SSSR count). The molecule has 0 saturated heterocycles. The molecule has 0 fully saturated rings. The van der Waals surface area contributed by atoms with Crippen LogP contribution in [0, 0.1) is 10.1 Å². The van der Waals surface area contributed by atoms with Crippen LogP contribution in [0.2, 0.25) is 0 Å². The van der Waals surface area contributed by atoms with Gasteiger partial charge in [-0.05, 0) is 12.1 Å². The maximum atomic E-state index is 11.0. The van der Waals surface area contributed by atoms with E-state index in [4.69, 9.17) is 0 Å². The summed E-state index contributed by atoms with van der Waals surface area (Å²) in [7, 11) is 1.28. The number of hydrogen-bond acceptors (Lipinski definition) is 4. The van der Waals surface area contributed by atoms with Gasteiger partial charge in [0.25, 0.3) is 0 Å². The van der Waals surface area contributed by atoms with E-state index in [0.717, 1.165) is 0 Å². The van der Waals surface area contributed by atoms with Crippen LogP contribution in [0.4, 0.5) is 0 Å². The quantitative estimate of drug-likeness (QED) is 0.413. The zero-order valence-electron chi connectivity index (χ0n) is 7.60. The summed E-state index contributed by atoms with van der Waals surface area (Å²) in [6.45, 7) is -0.235. The molecule has 1 aromatic carbocycles. The van der Waals surface area contributed by atoms with E-state index in [0.29, 0.717) is 11.1 Å². The molecule has 0 N–H and O–H groups in total. The van der Waals surface area contributed by atoms with Gasteiger partial charge in [-0.25, -0.2) is 4.79 Å². The summed E-state index contributed by atoms with van der Waals surface area (Å²) in [6.07, 6.45) is 0. The molecule has 14 heavy (non-hydrogen) atoms. The van der Waals surface area contributed by atoms with Crippen molar-refractivity contribution < 1.29 is 14.5 Å². The topological polar surface area (TPSA) is 69.4 Å². The van der Waals surface area contributed by atoms with Gasteiger partial charge in [0.1, 0.15) is 0 Å². The van der Waals surface area contributed by atoms with E-state index in [1.54, 1.807) is 0 Å². The molecule has 5 nitrogen and oxygen atoms in total. The monoisotopic (exact) mass is 195 g/mol. The van der Waals surface area contributed by atoms with E-state index in [9.17, 15) is 14.9 Å². The van der Waals surface area contributed by atoms with Crippen LogP contribution in [0.3, 0.4) is 0 Å². The summed E-state index contributed by atoms with van der Waals surface area (Å²) in [5, 5.41) is 10.2. The Hall–Kier alpha value is -1.91. The van der Waals surface area contributed by atoms with Crippen molar-refractivity contribution >= 4 is 5.97 Å². The van der Waals surface area contributed by atoms with Crippen LogP contribution in [0.5, 0.6) is 0 Å². The van der Waals surface area contributed by atoms with E-state index >= 15 is 0 Å². The predicted molar refractivity (Wildman–Crippen MR) is 48.5 cm³/mol. The lowest BCUT2D eigenvalue weighted by Gasteiger charge is -1.99. The standard InChI is InChI=1S/C9H9NO4/c1-14-9(11)8-4-2-7(3-5-8)6-10(12)13/h2-5H,6H2,1H3. The first-order valence-electron chi connectivity index (χ1n) is 3.92. The lowest BCUT2D eigenvalue weighted by atomic mass is 10.1. The summed E-state index contributed by atoms with van der Waals surface area (Å²) < 4.78 is 4.48. The van der Waals surface area contributed by atoms with Crippen molar-refractivity contribution in [1.29, 1.82) is 0 Å². The number of ether oxygens (including phenoxy) is 1. The van der Waals surface area contributed by atoms with Gasteiger partial charge in [-0.15, -0.1) is 0 Å². The SMILES string of the molecule is COC(=O)c1ccc(C[N+](=O)[O-])cc1. The predicted octanol–water partition coefficient (Wildman–Crippen LogP) is 1.25. The molecular weight excluding hydrogens is 186 g/mol. The fourth-order valence-electron chi connectivity index (χ4n) is 1.01. The lowest BCUT2D eigenvalue weighted by Crippen LogP contribution is -2.02. The van der Waals surface area contributed by atoms with Crippen LogP contribution in [0.15, 0.2) is 24.3 Å². The van der Waals surface area contributed by atoms with Crippen LogP contribution in [-0.4, -0.2) is 18.0 Å². The van der Waals surface area contributed by atoms with Crippen LogP contribution in [-0.2, 0) is 11.3 Å². The highest BCUT2D eigenvalue weighted by Crippen LogP contribution is 2.06. The zero-order valence-corrected chi connectivity index (χ0v) is 7.60. The fourth-order valence-corrected chi connectivity index (χ4v) is 1.01. The van der Waals surface area contributed by atoms with Crippen molar-refractivity contribution in [3.8, 4) is 0 Å². The molecule has 0 heterocycles. The summed E-state index contributed by atoms with van der Waals surface area (Å²) in [6, 6.07) is 6.08. The molecule has 0 radical (unpaired) electrons. The highest BCUT2D eigenvalue weighted by Gasteiger charge is 2.06. The Morgan fingerprint density at radius 2 is 2.00 bits per heavy atom. The van der Waals surface area contributed by atoms with Crippen LogP contribution in [0.1, 0.15) is 15.9 Å². The summed E-state index contributed by atoms with van der Waals surface area (Å²) in [4.78, 5) is 20.7. The Balaban J connectivity index is 2.78. The second-order valence-electron chi connectivity index (χ2n) is 2.68. The van der Waals surface area contributed by atoms with Gasteiger partial charge in [-0.2, -0.15) is 0 Å². The third-order valence-corrected chi connectivity index (χ3v) is 1.69. The molecule has 0 aliphatic carbocycles. The van der Waals surface area contributed by atoms with Crippen molar-refractivity contribution in [3.63, 3.8) is 0 Å². The van der Waals surface area contributed by atoms with Crippen LogP contribution >= 0.6 is 0 Å². The van der Waals surface area contributed by atoms with Gasteiger partial charge in [-0.1, -0.05) is 12.1 Å². The third-order valence-electron chi connectivity index (χ3n) is 1.69. The first kappa shape index (κ1) is 10.2. The van der Waals surface area contributed by atoms with Gasteiger partial charge in [-0.3, -0.25) is 10.1 Å². The minimum atomic E-state index is -0.447. The fraction of sp³-hybridized carbons (Fsp3) is 0.222. The Morgan fingerprint density at radius 3 is 2.43 bits per heavy atom. The number of benzene rings is 1. The third kappa shape index (κ3) is 2.55. The molecule has 0 spiro atoms. The summed E-state index contributed by atoms with van der Waals surface area (Å²) >= 11 is 0. The minimum Gasteiger partial charge on any atom is -0.465 e. The highest BCUT2D eigenvalue weighted by atomic mass is 16.6. The highest BCUT2D eigenvalue weighted by molar-refractivity contribution is 5.89. The van der Waals surface area contributed by atoms with Gasteiger partial charge in [0.05, 0.1) is 12.7 Å². The second kappa shape index (κ2) is 4.36. The van der Waals surface area contributed by atoms with Gasteiger partial charge < -0.3 is 4.74 Å². The normalized spacial score (nSPS) is 9.50. The zero-order chi connectivity index (χ0) is 10.6. The molecule has 0 aromatic heterocycles. The lowest BCUT2D eigenvalue weighted by molar-refractivity contribution is -0.496. The van der Waals surface area contributed by atoms with Gasteiger partial charge in [0, 0.05) is 10.5 Å². The Morgan fingerprint density at radius 1 is 1.43 bits per heavy atom. The van der Waals surface area contributed by atoms with Gasteiger partial charge in [0.2, 0.25) is 6.54 Å². The van der Waals surface area contributed by atoms with Gasteiger partial charge >= 0.3 is 5.97 Å². The number of nitro groups is 1. The number of methoxy groups -OCH3 is 1. The largest absolute Gasteiger partial charge is 0.465 e. The molecule has 1 aromatic rings. The van der Waals surface area contributed by atoms with Crippen molar-refractivity contribution in [2.24, 2.45) is 0 Å². The van der Waals surface area contributed by atoms with E-state index < -0.39 is 10.9 Å². The van der Waals surface area contributed by atoms with Crippen LogP contribution < -0.4 is 0 Å². The molecule has 5 heteroatoms. The molecule has 0 aliphatic heterocycles. The maximum absolute atomic E-state index is 11.0. The molecule has 0 amide bonds. The number of hydrogen-bond donors (Lipinski definition) is 0. The number of rotatable bonds is 3. The molecule has 0 unspecified atom stereocenters. The van der Waals surface area contributed by atoms with Crippen molar-refractivity contribution in [3.05, 3.63) is 45.5 Å². The first-order valence-corrected chi connectivity index (χ1v) is 3.92. The minimum absolute atomic E-state index is 0.235. The van der Waals surface area contributed by atoms with Crippen molar-refractivity contribution in [2.75, 3.05) is 7.11 Å². The van der Waals surface area contributed by atoms with Crippen molar-refractivity contribution in [2.45, 2.75) is 6.54 Å². The summed E-state index contributed by atoms with van der Waals surface area (Å²) in [5.74, 6) is -0.447. The van der Waals surface area contributed by atoms with E-state index in [-0.39, 0.29) is 6.54 Å². The average Bonchev–Trinajstić information content (AvgIpc) is 2.17. The molecular formula is C9H9NO4. The smallest absolute Gasteiger partial charge is 0.337 e. The number of nitrogens with zero attached hydrogens (tertiary/aromatic N) is 1. The molecule has 0 bridgehead atoms. The van der Waals surface area contributed by atoms with E-state index in [2.05, 4.69) is 4.74 Å². The Kier molecular flexibility index (Phi) is 3.17.